The van der Waals surface area contributed by atoms with Crippen LogP contribution in [-0.4, -0.2) is 58.6 Å². The van der Waals surface area contributed by atoms with E-state index < -0.39 is 12.2 Å². The quantitative estimate of drug-likeness (QED) is 0.749. The highest BCUT2D eigenvalue weighted by Crippen LogP contribution is 2.44. The van der Waals surface area contributed by atoms with Crippen LogP contribution in [0.25, 0.3) is 0 Å². The molecule has 0 radical (unpaired) electrons. The molecule has 0 aliphatic carbocycles. The number of alkyl halides is 3. The van der Waals surface area contributed by atoms with E-state index in [0.29, 0.717) is 44.0 Å². The maximum atomic E-state index is 13.8. The zero-order valence-corrected chi connectivity index (χ0v) is 18.5. The van der Waals surface area contributed by atoms with Crippen LogP contribution >= 0.6 is 0 Å². The normalized spacial score (nSPS) is 29.5. The molecule has 1 N–H and O–H groups in total. The Balaban J connectivity index is 1.47. The number of fused-ring (bicyclic) bond motifs is 1. The third kappa shape index (κ3) is 4.86. The fraction of sp³-hybridized carbons (Fsp3) is 0.818. The van der Waals surface area contributed by atoms with E-state index in [1.54, 1.807) is 6.07 Å². The predicted octanol–water partition coefficient (Wildman–Crippen LogP) is 4.49. The van der Waals surface area contributed by atoms with Crippen molar-refractivity contribution in [2.24, 2.45) is 5.41 Å². The number of hydrogen-bond acceptors (Lipinski definition) is 4. The summed E-state index contributed by atoms with van der Waals surface area (Å²) >= 11 is 0. The zero-order valence-electron chi connectivity index (χ0n) is 18.5. The molecule has 3 aliphatic rings. The number of ether oxygens (including phenoxy) is 1. The van der Waals surface area contributed by atoms with Crippen LogP contribution in [0.2, 0.25) is 0 Å². The van der Waals surface area contributed by atoms with E-state index in [1.165, 1.54) is 0 Å². The molecule has 6 nitrogen and oxygen atoms in total. The number of likely N-dealkylation sites (tertiary alicyclic amines) is 1. The average molecular weight is 443 g/mol. The Bertz CT molecular complexity index is 796. The number of aromatic nitrogens is 2. The molecule has 9 heteroatoms. The number of amides is 1. The monoisotopic (exact) mass is 442 g/mol. The van der Waals surface area contributed by atoms with Crippen LogP contribution in [-0.2, 0) is 9.53 Å². The molecule has 4 heterocycles. The maximum Gasteiger partial charge on any atom is 0.410 e. The van der Waals surface area contributed by atoms with Gasteiger partial charge in [-0.05, 0) is 37.5 Å². The van der Waals surface area contributed by atoms with E-state index in [4.69, 9.17) is 4.74 Å². The van der Waals surface area contributed by atoms with Crippen molar-refractivity contribution in [3.05, 3.63) is 11.8 Å². The summed E-state index contributed by atoms with van der Waals surface area (Å²) in [5.74, 6) is 0.444. The first-order valence-electron chi connectivity index (χ1n) is 11.3. The highest BCUT2D eigenvalue weighted by Gasteiger charge is 2.48. The highest BCUT2D eigenvalue weighted by atomic mass is 19.4. The molecule has 1 aromatic heterocycles. The van der Waals surface area contributed by atoms with Crippen LogP contribution in [0.5, 0.6) is 0 Å². The van der Waals surface area contributed by atoms with Gasteiger partial charge in [-0.2, -0.15) is 18.3 Å². The molecule has 1 aromatic rings. The van der Waals surface area contributed by atoms with E-state index >= 15 is 0 Å². The summed E-state index contributed by atoms with van der Waals surface area (Å²) in [4.78, 5) is 14.5. The fourth-order valence-electron chi connectivity index (χ4n) is 4.88. The molecule has 4 rings (SSSR count). The van der Waals surface area contributed by atoms with E-state index in [2.05, 4.69) is 10.4 Å². The van der Waals surface area contributed by atoms with Crippen molar-refractivity contribution in [1.82, 2.24) is 14.7 Å². The molecule has 0 unspecified atom stereocenters. The number of halogens is 3. The number of hydrogen-bond donors (Lipinski definition) is 1. The van der Waals surface area contributed by atoms with Crippen molar-refractivity contribution >= 4 is 11.7 Å². The van der Waals surface area contributed by atoms with Crippen molar-refractivity contribution in [1.29, 1.82) is 0 Å². The first-order chi connectivity index (χ1) is 14.5. The molecular formula is C22H33F3N4O2. The lowest BCUT2D eigenvalue weighted by molar-refractivity contribution is -0.175. The van der Waals surface area contributed by atoms with E-state index in [0.717, 1.165) is 23.9 Å². The van der Waals surface area contributed by atoms with Gasteiger partial charge in [-0.3, -0.25) is 4.79 Å². The number of carbonyl (C=O) groups excluding carboxylic acids is 1. The Morgan fingerprint density at radius 1 is 1.26 bits per heavy atom. The summed E-state index contributed by atoms with van der Waals surface area (Å²) in [7, 11) is 0. The molecule has 174 valence electrons. The summed E-state index contributed by atoms with van der Waals surface area (Å²) in [6.45, 7) is 7.66. The number of carbonyl (C=O) groups is 1. The van der Waals surface area contributed by atoms with Crippen LogP contribution in [0.15, 0.2) is 6.07 Å². The zero-order chi connectivity index (χ0) is 22.4. The summed E-state index contributed by atoms with van der Waals surface area (Å²) in [6, 6.07) is -0.183. The Hall–Kier alpha value is -1.77. The second kappa shape index (κ2) is 8.30. The van der Waals surface area contributed by atoms with Crippen LogP contribution in [0.3, 0.4) is 0 Å². The summed E-state index contributed by atoms with van der Waals surface area (Å²) in [6.07, 6.45) is -0.264. The molecule has 0 aromatic carbocycles. The van der Waals surface area contributed by atoms with Gasteiger partial charge in [0.25, 0.3) is 0 Å². The van der Waals surface area contributed by atoms with Crippen LogP contribution in [0.4, 0.5) is 19.0 Å². The fourth-order valence-corrected chi connectivity index (χ4v) is 4.88. The van der Waals surface area contributed by atoms with Gasteiger partial charge in [0, 0.05) is 37.7 Å². The molecule has 0 spiro atoms. The third-order valence-corrected chi connectivity index (χ3v) is 6.89. The molecule has 2 fully saturated rings. The van der Waals surface area contributed by atoms with Crippen LogP contribution < -0.4 is 5.32 Å². The van der Waals surface area contributed by atoms with Gasteiger partial charge in [0.15, 0.2) is 6.04 Å². The minimum Gasteiger partial charge on any atom is -0.378 e. The van der Waals surface area contributed by atoms with Gasteiger partial charge in [0.05, 0.1) is 18.2 Å². The minimum atomic E-state index is -4.36. The molecule has 0 saturated carbocycles. The van der Waals surface area contributed by atoms with E-state index in [-0.39, 0.29) is 35.8 Å². The maximum absolute atomic E-state index is 13.8. The van der Waals surface area contributed by atoms with Crippen molar-refractivity contribution in [2.45, 2.75) is 89.6 Å². The second-order valence-electron chi connectivity index (χ2n) is 10.3. The summed E-state index contributed by atoms with van der Waals surface area (Å²) in [5.41, 5.74) is 0.326. The lowest BCUT2D eigenvalue weighted by Crippen LogP contribution is -2.44. The molecule has 3 aliphatic heterocycles. The number of rotatable bonds is 3. The number of nitrogens with one attached hydrogen (secondary N) is 1. The topological polar surface area (TPSA) is 59.4 Å². The molecule has 0 bridgehead atoms. The smallest absolute Gasteiger partial charge is 0.378 e. The van der Waals surface area contributed by atoms with Gasteiger partial charge >= 0.3 is 6.18 Å². The Kier molecular flexibility index (Phi) is 6.00. The van der Waals surface area contributed by atoms with Crippen LogP contribution in [0.1, 0.15) is 76.9 Å². The minimum absolute atomic E-state index is 0.00806. The van der Waals surface area contributed by atoms with Gasteiger partial charge in [-0.1, -0.05) is 20.8 Å². The average Bonchev–Trinajstić information content (AvgIpc) is 3.33. The van der Waals surface area contributed by atoms with Crippen molar-refractivity contribution in [3.8, 4) is 0 Å². The van der Waals surface area contributed by atoms with E-state index in [9.17, 15) is 18.0 Å². The van der Waals surface area contributed by atoms with Gasteiger partial charge in [-0.25, -0.2) is 4.68 Å². The van der Waals surface area contributed by atoms with Gasteiger partial charge < -0.3 is 15.0 Å². The second-order valence-corrected chi connectivity index (χ2v) is 10.3. The SMILES string of the molecule is CC(C)(C)[C@H]1C[C@@H](C(F)(F)F)n2nc([C@@H]3CCN(C(=O)C[C@@H]4CCCCO4)C3)cc2N1. The highest BCUT2D eigenvalue weighted by molar-refractivity contribution is 5.77. The Morgan fingerprint density at radius 2 is 2.03 bits per heavy atom. The molecule has 4 atom stereocenters. The molecule has 1 amide bonds. The Morgan fingerprint density at radius 3 is 2.68 bits per heavy atom. The van der Waals surface area contributed by atoms with Gasteiger partial charge in [0.1, 0.15) is 5.82 Å². The predicted molar refractivity (Wildman–Crippen MR) is 111 cm³/mol. The standard InChI is InChI=1S/C22H33F3N4O2/c1-21(2,3)17-12-18(22(23,24)25)29-19(26-17)11-16(27-29)14-7-8-28(13-14)20(30)10-15-6-4-5-9-31-15/h11,14-15,17-18,26H,4-10,12-13H2,1-3H3/t14-,15+,17-,18+/m1/s1. The first kappa shape index (κ1) is 22.4. The van der Waals surface area contributed by atoms with Crippen LogP contribution in [0, 0.1) is 5.41 Å². The summed E-state index contributed by atoms with van der Waals surface area (Å²) in [5, 5.41) is 7.65. The third-order valence-electron chi connectivity index (χ3n) is 6.89. The number of nitrogens with zero attached hydrogens (tertiary/aromatic N) is 3. The lowest BCUT2D eigenvalue weighted by Gasteiger charge is -2.39. The Labute approximate surface area is 181 Å². The lowest BCUT2D eigenvalue weighted by atomic mass is 9.82. The summed E-state index contributed by atoms with van der Waals surface area (Å²) < 4.78 is 48.2. The van der Waals surface area contributed by atoms with Crippen molar-refractivity contribution in [3.63, 3.8) is 0 Å². The van der Waals surface area contributed by atoms with E-state index in [1.807, 2.05) is 25.7 Å². The molecule has 31 heavy (non-hydrogen) atoms. The van der Waals surface area contributed by atoms with Crippen molar-refractivity contribution in [2.75, 3.05) is 25.0 Å². The molecular weight excluding hydrogens is 409 g/mol. The van der Waals surface area contributed by atoms with Crippen molar-refractivity contribution < 1.29 is 22.7 Å². The van der Waals surface area contributed by atoms with Gasteiger partial charge in [-0.15, -0.1) is 0 Å². The first-order valence-corrected chi connectivity index (χ1v) is 11.3. The molecule has 2 saturated heterocycles. The largest absolute Gasteiger partial charge is 0.410 e. The van der Waals surface area contributed by atoms with Gasteiger partial charge in [0.2, 0.25) is 5.91 Å². The number of anilines is 1.